The minimum atomic E-state index is -0.406. The largest absolute Gasteiger partial charge is 0.465 e. The topological polar surface area (TPSA) is 71.2 Å². The van der Waals surface area contributed by atoms with Gasteiger partial charge in [0.25, 0.3) is 0 Å². The SMILES string of the molecule is COC(=O)c1c(C)[nH]c(C(=O)[C@H](C)N[C@H]2CCCC[C@@H]2C)c1C. The molecule has 0 spiro atoms. The Labute approximate surface area is 138 Å². The number of esters is 1. The Morgan fingerprint density at radius 3 is 2.52 bits per heavy atom. The van der Waals surface area contributed by atoms with E-state index in [9.17, 15) is 9.59 Å². The normalized spacial score (nSPS) is 22.7. The number of methoxy groups -OCH3 is 1. The van der Waals surface area contributed by atoms with Crippen LogP contribution in [0.25, 0.3) is 0 Å². The lowest BCUT2D eigenvalue weighted by molar-refractivity contribution is 0.0599. The second-order valence-corrected chi connectivity index (χ2v) is 6.74. The van der Waals surface area contributed by atoms with Gasteiger partial charge >= 0.3 is 5.97 Å². The van der Waals surface area contributed by atoms with E-state index in [0.29, 0.717) is 34.5 Å². The zero-order valence-electron chi connectivity index (χ0n) is 14.8. The third-order valence-corrected chi connectivity index (χ3v) is 5.04. The number of carbonyl (C=O) groups excluding carboxylic acids is 2. The number of aromatic nitrogens is 1. The van der Waals surface area contributed by atoms with Gasteiger partial charge in [0.15, 0.2) is 5.78 Å². The molecule has 2 rings (SSSR count). The predicted octanol–water partition coefficient (Wildman–Crippen LogP) is 3.16. The molecule has 3 atom stereocenters. The molecule has 0 aliphatic heterocycles. The standard InChI is InChI=1S/C18H28N2O3/c1-10-8-6-7-9-14(10)19-13(4)17(21)16-11(2)15(12(3)20-16)18(22)23-5/h10,13-14,19-20H,6-9H2,1-5H3/t10-,13-,14-/m0/s1. The average Bonchev–Trinajstić information content (AvgIpc) is 2.82. The van der Waals surface area contributed by atoms with Gasteiger partial charge in [-0.15, -0.1) is 0 Å². The van der Waals surface area contributed by atoms with Gasteiger partial charge in [0.2, 0.25) is 0 Å². The van der Waals surface area contributed by atoms with Gasteiger partial charge in [-0.25, -0.2) is 4.79 Å². The Bertz CT molecular complexity index is 591. The Hall–Kier alpha value is -1.62. The summed E-state index contributed by atoms with van der Waals surface area (Å²) in [4.78, 5) is 27.7. The van der Waals surface area contributed by atoms with Crippen molar-refractivity contribution in [1.82, 2.24) is 10.3 Å². The van der Waals surface area contributed by atoms with E-state index in [1.807, 2.05) is 6.92 Å². The summed E-state index contributed by atoms with van der Waals surface area (Å²) in [6.07, 6.45) is 4.83. The fourth-order valence-electron chi connectivity index (χ4n) is 3.58. The maximum atomic E-state index is 12.8. The van der Waals surface area contributed by atoms with Gasteiger partial charge < -0.3 is 15.0 Å². The molecular formula is C18H28N2O3. The van der Waals surface area contributed by atoms with Gasteiger partial charge in [-0.2, -0.15) is 0 Å². The summed E-state index contributed by atoms with van der Waals surface area (Å²) in [7, 11) is 1.35. The van der Waals surface area contributed by atoms with Crippen molar-refractivity contribution in [1.29, 1.82) is 0 Å². The van der Waals surface area contributed by atoms with Crippen molar-refractivity contribution in [3.05, 3.63) is 22.5 Å². The van der Waals surface area contributed by atoms with E-state index in [1.54, 1.807) is 13.8 Å². The second-order valence-electron chi connectivity index (χ2n) is 6.74. The van der Waals surface area contributed by atoms with E-state index in [1.165, 1.54) is 26.4 Å². The summed E-state index contributed by atoms with van der Waals surface area (Å²) < 4.78 is 4.80. The van der Waals surface area contributed by atoms with Crippen LogP contribution in [0.1, 0.15) is 71.6 Å². The fourth-order valence-corrected chi connectivity index (χ4v) is 3.58. The third kappa shape index (κ3) is 3.66. The molecule has 0 aromatic carbocycles. The molecule has 0 radical (unpaired) electrons. The van der Waals surface area contributed by atoms with Crippen molar-refractivity contribution in [2.75, 3.05) is 7.11 Å². The summed E-state index contributed by atoms with van der Waals surface area (Å²) in [6, 6.07) is 0.113. The minimum absolute atomic E-state index is 0.00136. The van der Waals surface area contributed by atoms with Crippen LogP contribution in [0.4, 0.5) is 0 Å². The van der Waals surface area contributed by atoms with E-state index in [2.05, 4.69) is 17.2 Å². The smallest absolute Gasteiger partial charge is 0.339 e. The molecule has 5 heteroatoms. The summed E-state index contributed by atoms with van der Waals surface area (Å²) in [5.41, 5.74) is 2.32. The summed E-state index contributed by atoms with van der Waals surface area (Å²) in [5.74, 6) is 0.187. The second kappa shape index (κ2) is 7.30. The van der Waals surface area contributed by atoms with Crippen LogP contribution in [0.3, 0.4) is 0 Å². The number of carbonyl (C=O) groups is 2. The highest BCUT2D eigenvalue weighted by atomic mass is 16.5. The lowest BCUT2D eigenvalue weighted by Gasteiger charge is -2.31. The molecule has 1 aliphatic rings. The predicted molar refractivity (Wildman–Crippen MR) is 90.0 cm³/mol. The third-order valence-electron chi connectivity index (χ3n) is 5.04. The van der Waals surface area contributed by atoms with Crippen molar-refractivity contribution >= 4 is 11.8 Å². The van der Waals surface area contributed by atoms with E-state index >= 15 is 0 Å². The zero-order valence-corrected chi connectivity index (χ0v) is 14.8. The number of H-pyrrole nitrogens is 1. The number of hydrogen-bond donors (Lipinski definition) is 2. The van der Waals surface area contributed by atoms with Crippen LogP contribution in [0.15, 0.2) is 0 Å². The number of rotatable bonds is 5. The monoisotopic (exact) mass is 320 g/mol. The summed E-state index contributed by atoms with van der Waals surface area (Å²) in [6.45, 7) is 7.72. The number of aryl methyl sites for hydroxylation is 1. The first-order valence-electron chi connectivity index (χ1n) is 8.44. The Morgan fingerprint density at radius 2 is 1.91 bits per heavy atom. The first-order valence-corrected chi connectivity index (χ1v) is 8.44. The quantitative estimate of drug-likeness (QED) is 0.646. The first kappa shape index (κ1) is 17.7. The van der Waals surface area contributed by atoms with Crippen LogP contribution in [-0.2, 0) is 4.74 Å². The number of nitrogens with one attached hydrogen (secondary N) is 2. The van der Waals surface area contributed by atoms with E-state index in [0.717, 1.165) is 6.42 Å². The van der Waals surface area contributed by atoms with Crippen molar-refractivity contribution in [3.8, 4) is 0 Å². The molecule has 128 valence electrons. The maximum absolute atomic E-state index is 12.8. The molecule has 1 aromatic rings. The highest BCUT2D eigenvalue weighted by molar-refractivity contribution is 6.03. The molecule has 1 fully saturated rings. The first-order chi connectivity index (χ1) is 10.9. The Kier molecular flexibility index (Phi) is 5.63. The molecule has 23 heavy (non-hydrogen) atoms. The molecule has 2 N–H and O–H groups in total. The zero-order chi connectivity index (χ0) is 17.1. The number of hydrogen-bond acceptors (Lipinski definition) is 4. The van der Waals surface area contributed by atoms with Gasteiger partial charge in [0.1, 0.15) is 0 Å². The molecule has 0 unspecified atom stereocenters. The lowest BCUT2D eigenvalue weighted by atomic mass is 9.85. The summed E-state index contributed by atoms with van der Waals surface area (Å²) in [5, 5.41) is 3.48. The van der Waals surface area contributed by atoms with Crippen LogP contribution in [0, 0.1) is 19.8 Å². The maximum Gasteiger partial charge on any atom is 0.339 e. The van der Waals surface area contributed by atoms with Crippen molar-refractivity contribution in [3.63, 3.8) is 0 Å². The molecule has 0 amide bonds. The van der Waals surface area contributed by atoms with Crippen LogP contribution in [-0.4, -0.2) is 35.9 Å². The molecule has 1 aliphatic carbocycles. The van der Waals surface area contributed by atoms with Crippen LogP contribution < -0.4 is 5.32 Å². The highest BCUT2D eigenvalue weighted by Gasteiger charge is 2.28. The molecule has 1 aromatic heterocycles. The number of ether oxygens (including phenoxy) is 1. The molecule has 0 bridgehead atoms. The van der Waals surface area contributed by atoms with Crippen LogP contribution in [0.5, 0.6) is 0 Å². The molecule has 0 saturated heterocycles. The van der Waals surface area contributed by atoms with Gasteiger partial charge in [-0.05, 0) is 45.1 Å². The Morgan fingerprint density at radius 1 is 1.26 bits per heavy atom. The van der Waals surface area contributed by atoms with Crippen molar-refractivity contribution in [2.45, 2.75) is 65.5 Å². The fraction of sp³-hybridized carbons (Fsp3) is 0.667. The molecule has 1 saturated carbocycles. The lowest BCUT2D eigenvalue weighted by Crippen LogP contribution is -2.46. The number of Topliss-reactive ketones (excluding diaryl/α,β-unsaturated/α-hetero) is 1. The van der Waals surface area contributed by atoms with Crippen molar-refractivity contribution in [2.24, 2.45) is 5.92 Å². The van der Waals surface area contributed by atoms with Gasteiger partial charge in [0.05, 0.1) is 24.4 Å². The molecular weight excluding hydrogens is 292 g/mol. The van der Waals surface area contributed by atoms with E-state index in [4.69, 9.17) is 4.74 Å². The van der Waals surface area contributed by atoms with Gasteiger partial charge in [0, 0.05) is 11.7 Å². The Balaban J connectivity index is 2.15. The van der Waals surface area contributed by atoms with Crippen LogP contribution >= 0.6 is 0 Å². The van der Waals surface area contributed by atoms with Crippen LogP contribution in [0.2, 0.25) is 0 Å². The van der Waals surface area contributed by atoms with Crippen molar-refractivity contribution < 1.29 is 14.3 Å². The van der Waals surface area contributed by atoms with E-state index in [-0.39, 0.29) is 11.8 Å². The number of ketones is 1. The number of aromatic amines is 1. The molecule has 1 heterocycles. The average molecular weight is 320 g/mol. The summed E-state index contributed by atoms with van der Waals surface area (Å²) >= 11 is 0. The van der Waals surface area contributed by atoms with Gasteiger partial charge in [-0.1, -0.05) is 19.8 Å². The molecule has 5 nitrogen and oxygen atoms in total. The highest BCUT2D eigenvalue weighted by Crippen LogP contribution is 2.25. The van der Waals surface area contributed by atoms with E-state index < -0.39 is 5.97 Å². The van der Waals surface area contributed by atoms with Gasteiger partial charge in [-0.3, -0.25) is 4.79 Å². The minimum Gasteiger partial charge on any atom is -0.465 e.